The minimum atomic E-state index is -0.660. The summed E-state index contributed by atoms with van der Waals surface area (Å²) in [5.41, 5.74) is 0.828. The molecule has 2 aromatic carbocycles. The number of nitrogens with zero attached hydrogens (tertiary/aromatic N) is 1. The second kappa shape index (κ2) is 10.6. The van der Waals surface area contributed by atoms with Crippen LogP contribution in [-0.2, 0) is 16.1 Å². The topological polar surface area (TPSA) is 67.9 Å². The molecule has 0 aliphatic heterocycles. The molecule has 0 aliphatic rings. The molecule has 2 amide bonds. The van der Waals surface area contributed by atoms with Gasteiger partial charge in [-0.2, -0.15) is 0 Å². The number of nitrogens with one attached hydrogen (secondary N) is 1. The molecule has 0 fully saturated rings. The largest absolute Gasteiger partial charge is 0.493 e. The van der Waals surface area contributed by atoms with Crippen molar-refractivity contribution in [2.75, 3.05) is 20.3 Å². The Balaban J connectivity index is 2.16. The molecule has 1 atom stereocenters. The first-order chi connectivity index (χ1) is 13.5. The fourth-order valence-electron chi connectivity index (χ4n) is 2.70. The van der Waals surface area contributed by atoms with Crippen LogP contribution in [0.1, 0.15) is 19.4 Å². The molecule has 0 saturated heterocycles. The van der Waals surface area contributed by atoms with E-state index < -0.39 is 6.04 Å². The van der Waals surface area contributed by atoms with Crippen molar-refractivity contribution < 1.29 is 19.1 Å². The Morgan fingerprint density at radius 1 is 1.14 bits per heavy atom. The number of carbonyl (C=O) groups excluding carboxylic acids is 2. The van der Waals surface area contributed by atoms with E-state index in [9.17, 15) is 9.59 Å². The summed E-state index contributed by atoms with van der Waals surface area (Å²) in [6.45, 7) is 4.03. The van der Waals surface area contributed by atoms with E-state index in [0.717, 1.165) is 5.56 Å². The molecule has 0 bridgehead atoms. The van der Waals surface area contributed by atoms with Gasteiger partial charge in [0.25, 0.3) is 5.91 Å². The molecule has 2 rings (SSSR count). The molecule has 0 radical (unpaired) electrons. The van der Waals surface area contributed by atoms with E-state index in [1.165, 1.54) is 12.0 Å². The summed E-state index contributed by atoms with van der Waals surface area (Å²) in [4.78, 5) is 26.7. The van der Waals surface area contributed by atoms with Gasteiger partial charge in [-0.3, -0.25) is 9.59 Å². The lowest BCUT2D eigenvalue weighted by Crippen LogP contribution is -2.49. The summed E-state index contributed by atoms with van der Waals surface area (Å²) in [6.07, 6.45) is 0. The highest BCUT2D eigenvalue weighted by atomic mass is 35.5. The van der Waals surface area contributed by atoms with Crippen LogP contribution in [0.2, 0.25) is 5.02 Å². The van der Waals surface area contributed by atoms with Crippen molar-refractivity contribution in [2.45, 2.75) is 26.4 Å². The van der Waals surface area contributed by atoms with Gasteiger partial charge in [-0.25, -0.2) is 0 Å². The fourth-order valence-corrected chi connectivity index (χ4v) is 2.91. The average molecular weight is 405 g/mol. The van der Waals surface area contributed by atoms with Gasteiger partial charge < -0.3 is 19.7 Å². The SMILES string of the molecule is CCNC(=O)[C@H](C)N(Cc1cccc(Cl)c1)C(=O)COc1ccccc1OC. The van der Waals surface area contributed by atoms with Gasteiger partial charge in [0, 0.05) is 18.1 Å². The number of methoxy groups -OCH3 is 1. The zero-order valence-corrected chi connectivity index (χ0v) is 17.0. The van der Waals surface area contributed by atoms with E-state index in [1.807, 2.05) is 25.1 Å². The molecular weight excluding hydrogens is 380 g/mol. The minimum absolute atomic E-state index is 0.218. The number of para-hydroxylation sites is 2. The highest BCUT2D eigenvalue weighted by Gasteiger charge is 2.26. The lowest BCUT2D eigenvalue weighted by atomic mass is 10.1. The van der Waals surface area contributed by atoms with Gasteiger partial charge in [-0.05, 0) is 43.7 Å². The van der Waals surface area contributed by atoms with Crippen LogP contribution in [0.5, 0.6) is 11.5 Å². The Kier molecular flexibility index (Phi) is 8.14. The van der Waals surface area contributed by atoms with E-state index in [1.54, 1.807) is 37.3 Å². The van der Waals surface area contributed by atoms with E-state index >= 15 is 0 Å². The third-order valence-electron chi connectivity index (χ3n) is 4.18. The van der Waals surface area contributed by atoms with Crippen LogP contribution < -0.4 is 14.8 Å². The number of ether oxygens (including phenoxy) is 2. The number of rotatable bonds is 9. The Labute approximate surface area is 170 Å². The number of hydrogen-bond acceptors (Lipinski definition) is 4. The first-order valence-corrected chi connectivity index (χ1v) is 9.41. The molecule has 0 aliphatic carbocycles. The van der Waals surface area contributed by atoms with Gasteiger partial charge >= 0.3 is 0 Å². The Morgan fingerprint density at radius 3 is 2.50 bits per heavy atom. The Bertz CT molecular complexity index is 812. The molecule has 0 spiro atoms. The van der Waals surface area contributed by atoms with Crippen molar-refractivity contribution in [2.24, 2.45) is 0 Å². The van der Waals surface area contributed by atoms with Crippen LogP contribution >= 0.6 is 11.6 Å². The minimum Gasteiger partial charge on any atom is -0.493 e. The van der Waals surface area contributed by atoms with Crippen LogP contribution in [-0.4, -0.2) is 43.0 Å². The lowest BCUT2D eigenvalue weighted by molar-refractivity contribution is -0.142. The van der Waals surface area contributed by atoms with E-state index in [0.29, 0.717) is 23.1 Å². The molecule has 0 unspecified atom stereocenters. The number of amides is 2. The molecule has 0 saturated carbocycles. The third-order valence-corrected chi connectivity index (χ3v) is 4.42. The number of halogens is 1. The van der Waals surface area contributed by atoms with Gasteiger partial charge in [0.15, 0.2) is 18.1 Å². The zero-order chi connectivity index (χ0) is 20.5. The normalized spacial score (nSPS) is 11.4. The number of hydrogen-bond donors (Lipinski definition) is 1. The molecule has 28 heavy (non-hydrogen) atoms. The smallest absolute Gasteiger partial charge is 0.261 e. The number of likely N-dealkylation sites (N-methyl/N-ethyl adjacent to an activating group) is 1. The molecule has 6 nitrogen and oxygen atoms in total. The summed E-state index contributed by atoms with van der Waals surface area (Å²) in [5, 5.41) is 3.32. The van der Waals surface area contributed by atoms with Crippen LogP contribution in [0.3, 0.4) is 0 Å². The molecule has 0 aromatic heterocycles. The second-order valence-corrected chi connectivity index (χ2v) is 6.60. The average Bonchev–Trinajstić information content (AvgIpc) is 2.70. The molecule has 150 valence electrons. The lowest BCUT2D eigenvalue weighted by Gasteiger charge is -2.28. The first-order valence-electron chi connectivity index (χ1n) is 9.03. The van der Waals surface area contributed by atoms with Crippen molar-refractivity contribution in [1.29, 1.82) is 0 Å². The van der Waals surface area contributed by atoms with Crippen LogP contribution in [0, 0.1) is 0 Å². The van der Waals surface area contributed by atoms with Gasteiger partial charge in [0.05, 0.1) is 7.11 Å². The monoisotopic (exact) mass is 404 g/mol. The van der Waals surface area contributed by atoms with Gasteiger partial charge in [0.2, 0.25) is 5.91 Å². The van der Waals surface area contributed by atoms with Crippen molar-refractivity contribution >= 4 is 23.4 Å². The maximum absolute atomic E-state index is 12.9. The summed E-state index contributed by atoms with van der Waals surface area (Å²) in [6, 6.07) is 13.6. The molecule has 2 aromatic rings. The molecule has 1 N–H and O–H groups in total. The highest BCUT2D eigenvalue weighted by molar-refractivity contribution is 6.30. The van der Waals surface area contributed by atoms with Crippen molar-refractivity contribution in [3.63, 3.8) is 0 Å². The highest BCUT2D eigenvalue weighted by Crippen LogP contribution is 2.26. The number of carbonyl (C=O) groups is 2. The van der Waals surface area contributed by atoms with E-state index in [2.05, 4.69) is 5.32 Å². The maximum atomic E-state index is 12.9. The molecular formula is C21H25ClN2O4. The van der Waals surface area contributed by atoms with Gasteiger partial charge in [0.1, 0.15) is 6.04 Å². The summed E-state index contributed by atoms with van der Waals surface area (Å²) >= 11 is 6.05. The third kappa shape index (κ3) is 5.89. The van der Waals surface area contributed by atoms with Crippen molar-refractivity contribution in [3.05, 3.63) is 59.1 Å². The Morgan fingerprint density at radius 2 is 1.86 bits per heavy atom. The quantitative estimate of drug-likeness (QED) is 0.696. The van der Waals surface area contributed by atoms with Crippen LogP contribution in [0.4, 0.5) is 0 Å². The van der Waals surface area contributed by atoms with Crippen molar-refractivity contribution in [3.8, 4) is 11.5 Å². The van der Waals surface area contributed by atoms with Gasteiger partial charge in [-0.1, -0.05) is 35.9 Å². The van der Waals surface area contributed by atoms with Crippen LogP contribution in [0.15, 0.2) is 48.5 Å². The standard InChI is InChI=1S/C21H25ClN2O4/c1-4-23-21(26)15(2)24(13-16-8-7-9-17(22)12-16)20(25)14-28-19-11-6-5-10-18(19)27-3/h5-12,15H,4,13-14H2,1-3H3,(H,23,26)/t15-/m0/s1. The first kappa shape index (κ1) is 21.6. The molecule has 7 heteroatoms. The van der Waals surface area contributed by atoms with E-state index in [-0.39, 0.29) is 25.0 Å². The zero-order valence-electron chi connectivity index (χ0n) is 16.3. The Hall–Kier alpha value is -2.73. The fraction of sp³-hybridized carbons (Fsp3) is 0.333. The van der Waals surface area contributed by atoms with Crippen LogP contribution in [0.25, 0.3) is 0 Å². The predicted octanol–water partition coefficient (Wildman–Crippen LogP) is 3.28. The summed E-state index contributed by atoms with van der Waals surface area (Å²) in [5.74, 6) is 0.458. The van der Waals surface area contributed by atoms with E-state index in [4.69, 9.17) is 21.1 Å². The maximum Gasteiger partial charge on any atom is 0.261 e. The summed E-state index contributed by atoms with van der Waals surface area (Å²) in [7, 11) is 1.53. The second-order valence-electron chi connectivity index (χ2n) is 6.16. The predicted molar refractivity (Wildman–Crippen MR) is 109 cm³/mol. The molecule has 0 heterocycles. The summed E-state index contributed by atoms with van der Waals surface area (Å²) < 4.78 is 10.9. The van der Waals surface area contributed by atoms with Gasteiger partial charge in [-0.15, -0.1) is 0 Å². The van der Waals surface area contributed by atoms with Crippen molar-refractivity contribution in [1.82, 2.24) is 10.2 Å². The number of benzene rings is 2.